The first-order valence-corrected chi connectivity index (χ1v) is 12.0. The van der Waals surface area contributed by atoms with Gasteiger partial charge in [-0.2, -0.15) is 0 Å². The molecule has 0 saturated carbocycles. The van der Waals surface area contributed by atoms with Gasteiger partial charge in [-0.1, -0.05) is 54.6 Å². The number of rotatable bonds is 6. The minimum absolute atomic E-state index is 0.134. The van der Waals surface area contributed by atoms with Gasteiger partial charge in [-0.05, 0) is 35.4 Å². The fraction of sp³-hybridized carbons (Fsp3) is 0.286. The average Bonchev–Trinajstić information content (AvgIpc) is 2.95. The minimum Gasteiger partial charge on any atom is -0.489 e. The molecule has 0 bridgehead atoms. The molecule has 1 atom stereocenters. The van der Waals surface area contributed by atoms with E-state index >= 15 is 0 Å². The van der Waals surface area contributed by atoms with Crippen LogP contribution in [0.25, 0.3) is 0 Å². The Morgan fingerprint density at radius 1 is 0.778 bits per heavy atom. The van der Waals surface area contributed by atoms with Crippen molar-refractivity contribution in [2.24, 2.45) is 0 Å². The third-order valence-electron chi connectivity index (χ3n) is 6.14. The van der Waals surface area contributed by atoms with Gasteiger partial charge in [-0.3, -0.25) is 4.79 Å². The lowest BCUT2D eigenvalue weighted by atomic mass is 10.2. The van der Waals surface area contributed by atoms with Crippen molar-refractivity contribution in [3.63, 3.8) is 0 Å². The fourth-order valence-corrected chi connectivity index (χ4v) is 4.16. The van der Waals surface area contributed by atoms with Gasteiger partial charge < -0.3 is 28.7 Å². The molecule has 0 aliphatic carbocycles. The number of hydrogen-bond donors (Lipinski definition) is 0. The number of para-hydroxylation sites is 2. The number of carbonyl (C=O) groups is 2. The maximum absolute atomic E-state index is 12.9. The number of carbonyl (C=O) groups excluding carboxylic acids is 2. The van der Waals surface area contributed by atoms with Crippen LogP contribution in [-0.4, -0.2) is 60.7 Å². The highest BCUT2D eigenvalue weighted by molar-refractivity contribution is 5.82. The van der Waals surface area contributed by atoms with E-state index in [4.69, 9.17) is 18.9 Å². The van der Waals surface area contributed by atoms with Gasteiger partial charge in [-0.25, -0.2) is 4.79 Å². The van der Waals surface area contributed by atoms with Gasteiger partial charge in [0.05, 0.1) is 0 Å². The Hall–Kier alpha value is -4.20. The number of fused-ring (bicyclic) bond motifs is 1. The molecule has 8 nitrogen and oxygen atoms in total. The third-order valence-corrected chi connectivity index (χ3v) is 6.14. The van der Waals surface area contributed by atoms with E-state index in [0.29, 0.717) is 44.3 Å². The molecular weight excluding hydrogens is 460 g/mol. The van der Waals surface area contributed by atoms with Gasteiger partial charge in [0.15, 0.2) is 11.5 Å². The summed E-state index contributed by atoms with van der Waals surface area (Å²) < 4.78 is 22.9. The molecular formula is C28H28N2O6. The molecule has 1 saturated heterocycles. The average molecular weight is 489 g/mol. The first-order valence-electron chi connectivity index (χ1n) is 12.0. The molecule has 0 radical (unpaired) electrons. The SMILES string of the molecule is O=C(OCc1cccc(OCc2ccccc2)c1)N1CCN(C(=O)C2COc3ccccc3O2)CC1. The van der Waals surface area contributed by atoms with Crippen molar-refractivity contribution >= 4 is 12.0 Å². The van der Waals surface area contributed by atoms with Crippen LogP contribution in [0.1, 0.15) is 11.1 Å². The lowest BCUT2D eigenvalue weighted by Crippen LogP contribution is -2.55. The van der Waals surface area contributed by atoms with E-state index in [9.17, 15) is 9.59 Å². The molecule has 5 rings (SSSR count). The van der Waals surface area contributed by atoms with Crippen molar-refractivity contribution in [3.05, 3.63) is 90.0 Å². The molecule has 2 heterocycles. The summed E-state index contributed by atoms with van der Waals surface area (Å²) in [6.07, 6.45) is -1.08. The second-order valence-electron chi connectivity index (χ2n) is 8.65. The van der Waals surface area contributed by atoms with Crippen molar-refractivity contribution in [3.8, 4) is 17.2 Å². The van der Waals surface area contributed by atoms with Crippen LogP contribution in [0.3, 0.4) is 0 Å². The van der Waals surface area contributed by atoms with Crippen molar-refractivity contribution in [1.29, 1.82) is 0 Å². The fourth-order valence-electron chi connectivity index (χ4n) is 4.16. The summed E-state index contributed by atoms with van der Waals surface area (Å²) in [4.78, 5) is 28.8. The summed E-state index contributed by atoms with van der Waals surface area (Å²) in [6.45, 7) is 2.41. The van der Waals surface area contributed by atoms with Crippen LogP contribution in [0, 0.1) is 0 Å². The second kappa shape index (κ2) is 11.0. The van der Waals surface area contributed by atoms with Crippen LogP contribution in [-0.2, 0) is 22.7 Å². The molecule has 0 spiro atoms. The molecule has 0 N–H and O–H groups in total. The summed E-state index contributed by atoms with van der Waals surface area (Å²) in [5.41, 5.74) is 1.93. The van der Waals surface area contributed by atoms with Gasteiger partial charge in [0.1, 0.15) is 25.6 Å². The van der Waals surface area contributed by atoms with Gasteiger partial charge in [0.2, 0.25) is 6.10 Å². The van der Waals surface area contributed by atoms with Crippen LogP contribution in [0.15, 0.2) is 78.9 Å². The van der Waals surface area contributed by atoms with E-state index in [1.165, 1.54) is 0 Å². The topological polar surface area (TPSA) is 77.5 Å². The zero-order valence-corrected chi connectivity index (χ0v) is 19.9. The Bertz CT molecular complexity index is 1190. The maximum Gasteiger partial charge on any atom is 0.410 e. The Kier molecular flexibility index (Phi) is 7.21. The molecule has 3 aromatic carbocycles. The Balaban J connectivity index is 1.07. The molecule has 2 aliphatic rings. The highest BCUT2D eigenvalue weighted by atomic mass is 16.6. The van der Waals surface area contributed by atoms with E-state index in [1.54, 1.807) is 15.9 Å². The monoisotopic (exact) mass is 488 g/mol. The van der Waals surface area contributed by atoms with Gasteiger partial charge in [0.25, 0.3) is 5.91 Å². The molecule has 186 valence electrons. The first-order chi connectivity index (χ1) is 17.7. The molecule has 2 amide bonds. The zero-order chi connectivity index (χ0) is 24.7. The predicted octanol–water partition coefficient (Wildman–Crippen LogP) is 3.89. The van der Waals surface area contributed by atoms with Crippen molar-refractivity contribution in [2.75, 3.05) is 32.8 Å². The third kappa shape index (κ3) is 5.71. The highest BCUT2D eigenvalue weighted by Crippen LogP contribution is 2.31. The molecule has 0 aromatic heterocycles. The minimum atomic E-state index is -0.685. The van der Waals surface area contributed by atoms with Gasteiger partial charge in [0, 0.05) is 26.2 Å². The molecule has 1 fully saturated rings. The van der Waals surface area contributed by atoms with Crippen LogP contribution in [0.4, 0.5) is 4.79 Å². The number of ether oxygens (including phenoxy) is 4. The molecule has 36 heavy (non-hydrogen) atoms. The Labute approximate surface area is 209 Å². The molecule has 8 heteroatoms. The number of benzene rings is 3. The van der Waals surface area contributed by atoms with Crippen LogP contribution < -0.4 is 14.2 Å². The van der Waals surface area contributed by atoms with Crippen LogP contribution >= 0.6 is 0 Å². The van der Waals surface area contributed by atoms with Crippen molar-refractivity contribution in [1.82, 2.24) is 9.80 Å². The van der Waals surface area contributed by atoms with E-state index in [2.05, 4.69) is 0 Å². The molecule has 1 unspecified atom stereocenters. The number of nitrogens with zero attached hydrogens (tertiary/aromatic N) is 2. The smallest absolute Gasteiger partial charge is 0.410 e. The van der Waals surface area contributed by atoms with Gasteiger partial charge in [-0.15, -0.1) is 0 Å². The molecule has 3 aromatic rings. The van der Waals surface area contributed by atoms with Gasteiger partial charge >= 0.3 is 6.09 Å². The summed E-state index contributed by atoms with van der Waals surface area (Å²) >= 11 is 0. The van der Waals surface area contributed by atoms with E-state index in [1.807, 2.05) is 72.8 Å². The number of hydrogen-bond acceptors (Lipinski definition) is 6. The lowest BCUT2D eigenvalue weighted by Gasteiger charge is -2.36. The summed E-state index contributed by atoms with van der Waals surface area (Å²) in [5.74, 6) is 1.79. The van der Waals surface area contributed by atoms with E-state index < -0.39 is 12.2 Å². The number of amides is 2. The lowest BCUT2D eigenvalue weighted by molar-refractivity contribution is -0.142. The summed E-state index contributed by atoms with van der Waals surface area (Å²) in [5, 5.41) is 0. The van der Waals surface area contributed by atoms with Crippen molar-refractivity contribution in [2.45, 2.75) is 19.3 Å². The zero-order valence-electron chi connectivity index (χ0n) is 19.9. The maximum atomic E-state index is 12.9. The summed E-state index contributed by atoms with van der Waals surface area (Å²) in [6, 6.07) is 24.8. The second-order valence-corrected chi connectivity index (χ2v) is 8.65. The standard InChI is InChI=1S/C28H28N2O6/c31-27(26-20-34-24-11-4-5-12-25(24)36-26)29-13-15-30(16-14-29)28(32)35-19-22-9-6-10-23(17-22)33-18-21-7-2-1-3-8-21/h1-12,17,26H,13-16,18-20H2. The Morgan fingerprint density at radius 3 is 2.28 bits per heavy atom. The Morgan fingerprint density at radius 2 is 1.47 bits per heavy atom. The van der Waals surface area contributed by atoms with Crippen LogP contribution in [0.2, 0.25) is 0 Å². The van der Waals surface area contributed by atoms with Crippen molar-refractivity contribution < 1.29 is 28.5 Å². The normalized spacial score (nSPS) is 16.8. The largest absolute Gasteiger partial charge is 0.489 e. The quantitative estimate of drug-likeness (QED) is 0.524. The summed E-state index contributed by atoms with van der Waals surface area (Å²) in [7, 11) is 0. The predicted molar refractivity (Wildman–Crippen MR) is 132 cm³/mol. The van der Waals surface area contributed by atoms with E-state index in [0.717, 1.165) is 16.9 Å². The number of piperazine rings is 1. The van der Waals surface area contributed by atoms with E-state index in [-0.39, 0.29) is 19.1 Å². The highest BCUT2D eigenvalue weighted by Gasteiger charge is 2.33. The molecule has 2 aliphatic heterocycles. The first kappa shape index (κ1) is 23.5. The van der Waals surface area contributed by atoms with Crippen LogP contribution in [0.5, 0.6) is 17.2 Å².